The molecule has 0 saturated heterocycles. The highest BCUT2D eigenvalue weighted by molar-refractivity contribution is 6.30. The third kappa shape index (κ3) is 3.46. The fourth-order valence-corrected chi connectivity index (χ4v) is 1.94. The van der Waals surface area contributed by atoms with Gasteiger partial charge in [-0.05, 0) is 20.8 Å². The van der Waals surface area contributed by atoms with Gasteiger partial charge in [0.2, 0.25) is 0 Å². The molecule has 0 radical (unpaired) electrons. The zero-order valence-electron chi connectivity index (χ0n) is 11.5. The fourth-order valence-electron chi connectivity index (χ4n) is 1.71. The second kappa shape index (κ2) is 6.20. The van der Waals surface area contributed by atoms with E-state index in [0.29, 0.717) is 11.7 Å². The van der Waals surface area contributed by atoms with Gasteiger partial charge in [0, 0.05) is 25.2 Å². The minimum absolute atomic E-state index is 0.222. The summed E-state index contributed by atoms with van der Waals surface area (Å²) >= 11 is 6.19. The van der Waals surface area contributed by atoms with Crippen molar-refractivity contribution in [2.45, 2.75) is 33.4 Å². The van der Waals surface area contributed by atoms with Crippen LogP contribution in [0.1, 0.15) is 25.1 Å². The molecule has 0 spiro atoms. The molecule has 1 aromatic rings. The van der Waals surface area contributed by atoms with E-state index in [0.717, 1.165) is 11.3 Å². The third-order valence-corrected chi connectivity index (χ3v) is 3.39. The Balaban J connectivity index is 2.86. The van der Waals surface area contributed by atoms with Gasteiger partial charge in [-0.25, -0.2) is 0 Å². The molecule has 5 nitrogen and oxygen atoms in total. The number of hydrogen-bond acceptors (Lipinski definition) is 4. The van der Waals surface area contributed by atoms with E-state index < -0.39 is 0 Å². The summed E-state index contributed by atoms with van der Waals surface area (Å²) in [5.41, 5.74) is 1.84. The van der Waals surface area contributed by atoms with Crippen LogP contribution in [0.3, 0.4) is 0 Å². The number of carbonyl (C=O) groups excluding carboxylic acids is 1. The lowest BCUT2D eigenvalue weighted by molar-refractivity contribution is -0.142. The van der Waals surface area contributed by atoms with Crippen molar-refractivity contribution in [2.75, 3.05) is 13.7 Å². The second-order valence-electron chi connectivity index (χ2n) is 4.55. The molecule has 0 aliphatic carbocycles. The summed E-state index contributed by atoms with van der Waals surface area (Å²) in [6, 6.07) is 0.222. The number of methoxy groups -OCH3 is 1. The number of nitrogens with zero attached hydrogens (tertiary/aromatic N) is 3. The van der Waals surface area contributed by atoms with Crippen molar-refractivity contribution in [3.05, 3.63) is 16.4 Å². The Hall–Kier alpha value is -1.07. The van der Waals surface area contributed by atoms with E-state index in [2.05, 4.69) is 5.10 Å². The van der Waals surface area contributed by atoms with Gasteiger partial charge in [0.05, 0.1) is 19.3 Å². The lowest BCUT2D eigenvalue weighted by atomic mass is 10.2. The molecule has 1 aromatic heterocycles. The van der Waals surface area contributed by atoms with Crippen LogP contribution in [-0.4, -0.2) is 40.3 Å². The molecule has 0 unspecified atom stereocenters. The Kier molecular flexibility index (Phi) is 5.16. The first-order valence-electron chi connectivity index (χ1n) is 5.85. The number of aromatic nitrogens is 2. The maximum Gasteiger partial charge on any atom is 0.319 e. The van der Waals surface area contributed by atoms with E-state index in [9.17, 15) is 4.79 Å². The fraction of sp³-hybridized carbons (Fsp3) is 0.667. The minimum Gasteiger partial charge on any atom is -0.468 e. The molecule has 0 bridgehead atoms. The van der Waals surface area contributed by atoms with Crippen LogP contribution in [0, 0.1) is 6.92 Å². The standard InChI is InChI=1S/C12H20ClN3O2/c1-8(2)16(7-11(17)18-5)6-10-9(3)14-15(4)12(10)13/h8H,6-7H2,1-5H3. The van der Waals surface area contributed by atoms with Crippen LogP contribution in [0.15, 0.2) is 0 Å². The van der Waals surface area contributed by atoms with Crippen molar-refractivity contribution in [1.29, 1.82) is 0 Å². The largest absolute Gasteiger partial charge is 0.468 e. The molecular weight excluding hydrogens is 254 g/mol. The van der Waals surface area contributed by atoms with Gasteiger partial charge < -0.3 is 4.74 Å². The van der Waals surface area contributed by atoms with Gasteiger partial charge in [-0.15, -0.1) is 0 Å². The second-order valence-corrected chi connectivity index (χ2v) is 4.91. The molecule has 0 aromatic carbocycles. The minimum atomic E-state index is -0.249. The summed E-state index contributed by atoms with van der Waals surface area (Å²) in [5, 5.41) is 4.88. The van der Waals surface area contributed by atoms with Gasteiger partial charge in [-0.1, -0.05) is 11.6 Å². The maximum atomic E-state index is 11.4. The summed E-state index contributed by atoms with van der Waals surface area (Å²) in [6.45, 7) is 6.81. The van der Waals surface area contributed by atoms with E-state index in [1.807, 2.05) is 25.7 Å². The Morgan fingerprint density at radius 3 is 2.56 bits per heavy atom. The number of hydrogen-bond donors (Lipinski definition) is 0. The summed E-state index contributed by atoms with van der Waals surface area (Å²) in [5.74, 6) is -0.249. The van der Waals surface area contributed by atoms with Crippen LogP contribution in [0.4, 0.5) is 0 Å². The van der Waals surface area contributed by atoms with Crippen LogP contribution in [-0.2, 0) is 23.1 Å². The third-order valence-electron chi connectivity index (χ3n) is 2.92. The van der Waals surface area contributed by atoms with Crippen molar-refractivity contribution >= 4 is 17.6 Å². The van der Waals surface area contributed by atoms with E-state index in [1.54, 1.807) is 11.7 Å². The first kappa shape index (κ1) is 15.0. The van der Waals surface area contributed by atoms with Gasteiger partial charge in [-0.2, -0.15) is 5.10 Å². The highest BCUT2D eigenvalue weighted by atomic mass is 35.5. The molecule has 0 fully saturated rings. The lowest BCUT2D eigenvalue weighted by Gasteiger charge is -2.25. The first-order chi connectivity index (χ1) is 8.36. The molecule has 0 saturated carbocycles. The molecular formula is C12H20ClN3O2. The van der Waals surface area contributed by atoms with Gasteiger partial charge in [0.25, 0.3) is 0 Å². The van der Waals surface area contributed by atoms with E-state index in [1.165, 1.54) is 7.11 Å². The summed E-state index contributed by atoms with van der Waals surface area (Å²) < 4.78 is 6.34. The molecule has 0 aliphatic rings. The summed E-state index contributed by atoms with van der Waals surface area (Å²) in [7, 11) is 3.20. The Labute approximate surface area is 113 Å². The molecule has 1 heterocycles. The van der Waals surface area contributed by atoms with Gasteiger partial charge in [0.15, 0.2) is 0 Å². The smallest absolute Gasteiger partial charge is 0.319 e. The predicted octanol–water partition coefficient (Wildman–Crippen LogP) is 1.77. The number of carbonyl (C=O) groups is 1. The lowest BCUT2D eigenvalue weighted by Crippen LogP contribution is -2.35. The van der Waals surface area contributed by atoms with Crippen molar-refractivity contribution in [2.24, 2.45) is 7.05 Å². The zero-order chi connectivity index (χ0) is 13.9. The topological polar surface area (TPSA) is 47.4 Å². The Morgan fingerprint density at radius 1 is 1.56 bits per heavy atom. The highest BCUT2D eigenvalue weighted by Crippen LogP contribution is 2.21. The van der Waals surface area contributed by atoms with Crippen molar-refractivity contribution in [1.82, 2.24) is 14.7 Å². The summed E-state index contributed by atoms with van der Waals surface area (Å²) in [6.07, 6.45) is 0. The van der Waals surface area contributed by atoms with Crippen LogP contribution < -0.4 is 0 Å². The molecule has 6 heteroatoms. The Bertz CT molecular complexity index is 429. The van der Waals surface area contributed by atoms with Crippen LogP contribution in [0.25, 0.3) is 0 Å². The van der Waals surface area contributed by atoms with Gasteiger partial charge in [0.1, 0.15) is 5.15 Å². The average Bonchev–Trinajstić information content (AvgIpc) is 2.54. The first-order valence-corrected chi connectivity index (χ1v) is 6.23. The monoisotopic (exact) mass is 273 g/mol. The number of rotatable bonds is 5. The SMILES string of the molecule is COC(=O)CN(Cc1c(C)nn(C)c1Cl)C(C)C. The molecule has 0 atom stereocenters. The van der Waals surface area contributed by atoms with Crippen molar-refractivity contribution < 1.29 is 9.53 Å². The van der Waals surface area contributed by atoms with Crippen molar-refractivity contribution in [3.63, 3.8) is 0 Å². The summed E-state index contributed by atoms with van der Waals surface area (Å²) in [4.78, 5) is 13.4. The molecule has 18 heavy (non-hydrogen) atoms. The normalized spacial score (nSPS) is 11.3. The van der Waals surface area contributed by atoms with Crippen LogP contribution >= 0.6 is 11.6 Å². The molecule has 0 aliphatic heterocycles. The Morgan fingerprint density at radius 2 is 2.17 bits per heavy atom. The number of halogens is 1. The molecule has 1 rings (SSSR count). The van der Waals surface area contributed by atoms with Crippen LogP contribution in [0.5, 0.6) is 0 Å². The van der Waals surface area contributed by atoms with Crippen molar-refractivity contribution in [3.8, 4) is 0 Å². The number of ether oxygens (including phenoxy) is 1. The maximum absolute atomic E-state index is 11.4. The zero-order valence-corrected chi connectivity index (χ0v) is 12.3. The highest BCUT2D eigenvalue weighted by Gasteiger charge is 2.19. The van der Waals surface area contributed by atoms with E-state index in [-0.39, 0.29) is 18.6 Å². The van der Waals surface area contributed by atoms with Gasteiger partial charge >= 0.3 is 5.97 Å². The predicted molar refractivity (Wildman–Crippen MR) is 70.5 cm³/mol. The number of esters is 1. The van der Waals surface area contributed by atoms with E-state index >= 15 is 0 Å². The average molecular weight is 274 g/mol. The quantitative estimate of drug-likeness (QED) is 0.767. The van der Waals surface area contributed by atoms with E-state index in [4.69, 9.17) is 16.3 Å². The van der Waals surface area contributed by atoms with Crippen LogP contribution in [0.2, 0.25) is 5.15 Å². The molecule has 0 N–H and O–H groups in total. The number of aryl methyl sites for hydroxylation is 2. The molecule has 102 valence electrons. The molecule has 0 amide bonds. The van der Waals surface area contributed by atoms with Gasteiger partial charge in [-0.3, -0.25) is 14.4 Å².